The summed E-state index contributed by atoms with van der Waals surface area (Å²) in [6.45, 7) is 3.52. The van der Waals surface area contributed by atoms with Gasteiger partial charge < -0.3 is 14.4 Å². The van der Waals surface area contributed by atoms with E-state index in [-0.39, 0.29) is 29.5 Å². The number of piperidine rings is 1. The molecule has 0 saturated carbocycles. The number of benzene rings is 1. The Morgan fingerprint density at radius 1 is 1.32 bits per heavy atom. The van der Waals surface area contributed by atoms with Crippen LogP contribution in [0.25, 0.3) is 0 Å². The number of rotatable bonds is 5. The Hall–Kier alpha value is -1.70. The molecule has 0 aromatic heterocycles. The van der Waals surface area contributed by atoms with E-state index < -0.39 is 0 Å². The minimum atomic E-state index is -0.341. The predicted molar refractivity (Wildman–Crippen MR) is 91.5 cm³/mol. The van der Waals surface area contributed by atoms with Crippen LogP contribution in [0.1, 0.15) is 24.4 Å². The largest absolute Gasteiger partial charge is 0.494 e. The fourth-order valence-electron chi connectivity index (χ4n) is 3.79. The van der Waals surface area contributed by atoms with E-state index in [4.69, 9.17) is 9.47 Å². The Morgan fingerprint density at radius 3 is 2.72 bits per heavy atom. The number of ether oxygens (including phenoxy) is 2. The molecule has 3 rings (SSSR count). The van der Waals surface area contributed by atoms with E-state index in [2.05, 4.69) is 15.8 Å². The van der Waals surface area contributed by atoms with E-state index in [9.17, 15) is 9.18 Å². The fourth-order valence-corrected chi connectivity index (χ4v) is 3.79. The average molecular weight is 351 g/mol. The Balaban J connectivity index is 1.59. The van der Waals surface area contributed by atoms with E-state index in [1.54, 1.807) is 12.1 Å². The average Bonchev–Trinajstić information content (AvgIpc) is 3.09. The first-order valence-electron chi connectivity index (χ1n) is 8.74. The summed E-state index contributed by atoms with van der Waals surface area (Å²) in [7, 11) is 2.91. The molecule has 7 heteroatoms. The van der Waals surface area contributed by atoms with Crippen LogP contribution in [0.4, 0.5) is 4.39 Å². The van der Waals surface area contributed by atoms with Gasteiger partial charge in [-0.05, 0) is 43.6 Å². The molecule has 2 N–H and O–H groups in total. The summed E-state index contributed by atoms with van der Waals surface area (Å²) in [4.78, 5) is 14.0. The van der Waals surface area contributed by atoms with Crippen molar-refractivity contribution in [3.63, 3.8) is 0 Å². The predicted octanol–water partition coefficient (Wildman–Crippen LogP) is 1.48. The minimum absolute atomic E-state index is 0.0209. The Bertz CT molecular complexity index is 605. The van der Waals surface area contributed by atoms with Gasteiger partial charge in [-0.2, -0.15) is 0 Å². The molecule has 138 valence electrons. The van der Waals surface area contributed by atoms with Crippen LogP contribution in [0, 0.1) is 17.7 Å². The second-order valence-corrected chi connectivity index (χ2v) is 6.76. The first kappa shape index (κ1) is 18.1. The van der Waals surface area contributed by atoms with Crippen molar-refractivity contribution in [2.45, 2.75) is 18.9 Å². The highest BCUT2D eigenvalue weighted by Gasteiger charge is 2.32. The van der Waals surface area contributed by atoms with Crippen molar-refractivity contribution in [1.82, 2.24) is 15.8 Å². The number of carbonyl (C=O) groups excluding carboxylic acids is 1. The number of methoxy groups -OCH3 is 2. The number of nitrogens with one attached hydrogen (secondary N) is 2. The molecule has 2 heterocycles. The molecule has 1 aromatic rings. The summed E-state index contributed by atoms with van der Waals surface area (Å²) in [6.07, 6.45) is 1.67. The van der Waals surface area contributed by atoms with Crippen molar-refractivity contribution < 1.29 is 18.7 Å². The molecule has 2 aliphatic rings. The number of nitrogens with zero attached hydrogens (tertiary/aromatic N) is 1. The Labute approximate surface area is 147 Å². The molecule has 2 unspecified atom stereocenters. The van der Waals surface area contributed by atoms with Crippen molar-refractivity contribution in [3.8, 4) is 5.75 Å². The summed E-state index contributed by atoms with van der Waals surface area (Å²) in [5.41, 5.74) is 7.36. The quantitative estimate of drug-likeness (QED) is 0.784. The lowest BCUT2D eigenvalue weighted by atomic mass is 9.92. The molecule has 2 aliphatic heterocycles. The highest BCUT2D eigenvalue weighted by atomic mass is 19.1. The zero-order valence-electron chi connectivity index (χ0n) is 14.8. The number of hydrazine groups is 1. The third-order valence-electron chi connectivity index (χ3n) is 5.24. The lowest BCUT2D eigenvalue weighted by molar-refractivity contribution is -0.147. The lowest BCUT2D eigenvalue weighted by Gasteiger charge is -2.33. The van der Waals surface area contributed by atoms with Gasteiger partial charge in [0.1, 0.15) is 0 Å². The highest BCUT2D eigenvalue weighted by Crippen LogP contribution is 2.30. The molecule has 0 bridgehead atoms. The topological polar surface area (TPSA) is 62.8 Å². The van der Waals surface area contributed by atoms with Crippen molar-refractivity contribution in [1.29, 1.82) is 0 Å². The maximum absolute atomic E-state index is 14.0. The van der Waals surface area contributed by atoms with Gasteiger partial charge >= 0.3 is 5.97 Å². The Kier molecular flexibility index (Phi) is 5.88. The van der Waals surface area contributed by atoms with Crippen LogP contribution in [0.15, 0.2) is 18.2 Å². The summed E-state index contributed by atoms with van der Waals surface area (Å²) >= 11 is 0. The molecule has 2 saturated heterocycles. The normalized spacial score (nSPS) is 25.1. The third kappa shape index (κ3) is 4.11. The van der Waals surface area contributed by atoms with Crippen molar-refractivity contribution in [2.24, 2.45) is 11.8 Å². The standard InChI is InChI=1S/C18H26FN3O3/c1-24-16-4-3-13(9-15(16)19)17-14(10-20-21-17)11-22-7-5-12(6-8-22)18(23)25-2/h3-4,9,12,14,17,20-21H,5-8,10-11H2,1-2H3. The number of carbonyl (C=O) groups is 1. The maximum Gasteiger partial charge on any atom is 0.308 e. The van der Waals surface area contributed by atoms with Gasteiger partial charge in [-0.3, -0.25) is 10.2 Å². The van der Waals surface area contributed by atoms with Crippen molar-refractivity contribution in [2.75, 3.05) is 40.4 Å². The zero-order chi connectivity index (χ0) is 17.8. The van der Waals surface area contributed by atoms with Crippen LogP contribution >= 0.6 is 0 Å². The van der Waals surface area contributed by atoms with Crippen LogP contribution in [-0.2, 0) is 9.53 Å². The fraction of sp³-hybridized carbons (Fsp3) is 0.611. The molecule has 0 spiro atoms. The summed E-state index contributed by atoms with van der Waals surface area (Å²) < 4.78 is 23.8. The molecule has 0 amide bonds. The highest BCUT2D eigenvalue weighted by molar-refractivity contribution is 5.72. The van der Waals surface area contributed by atoms with Crippen LogP contribution < -0.4 is 15.6 Å². The van der Waals surface area contributed by atoms with E-state index in [1.165, 1.54) is 14.2 Å². The van der Waals surface area contributed by atoms with Crippen molar-refractivity contribution in [3.05, 3.63) is 29.6 Å². The molecule has 6 nitrogen and oxygen atoms in total. The van der Waals surface area contributed by atoms with Gasteiger partial charge in [0.2, 0.25) is 0 Å². The number of esters is 1. The van der Waals surface area contributed by atoms with Crippen molar-refractivity contribution >= 4 is 5.97 Å². The lowest BCUT2D eigenvalue weighted by Crippen LogP contribution is -2.40. The van der Waals surface area contributed by atoms with Gasteiger partial charge in [0.25, 0.3) is 0 Å². The molecular formula is C18H26FN3O3. The maximum atomic E-state index is 14.0. The molecule has 2 fully saturated rings. The monoisotopic (exact) mass is 351 g/mol. The van der Waals surface area contributed by atoms with E-state index in [0.29, 0.717) is 5.92 Å². The van der Waals surface area contributed by atoms with Gasteiger partial charge in [-0.1, -0.05) is 6.07 Å². The van der Waals surface area contributed by atoms with Crippen LogP contribution in [0.2, 0.25) is 0 Å². The van der Waals surface area contributed by atoms with Gasteiger partial charge in [0.05, 0.1) is 26.2 Å². The van der Waals surface area contributed by atoms with Gasteiger partial charge in [0, 0.05) is 19.0 Å². The Morgan fingerprint density at radius 2 is 2.08 bits per heavy atom. The SMILES string of the molecule is COC(=O)C1CCN(CC2CNNC2c2ccc(OC)c(F)c2)CC1. The number of hydrogen-bond acceptors (Lipinski definition) is 6. The summed E-state index contributed by atoms with van der Waals surface area (Å²) in [5.74, 6) is 0.174. The van der Waals surface area contributed by atoms with E-state index in [0.717, 1.165) is 44.6 Å². The molecule has 25 heavy (non-hydrogen) atoms. The number of likely N-dealkylation sites (tertiary alicyclic amines) is 1. The van der Waals surface area contributed by atoms with Gasteiger partial charge in [-0.15, -0.1) is 0 Å². The van der Waals surface area contributed by atoms with E-state index in [1.807, 2.05) is 6.07 Å². The zero-order valence-corrected chi connectivity index (χ0v) is 14.8. The third-order valence-corrected chi connectivity index (χ3v) is 5.24. The molecule has 2 atom stereocenters. The summed E-state index contributed by atoms with van der Waals surface area (Å²) in [5, 5.41) is 0. The second-order valence-electron chi connectivity index (χ2n) is 6.76. The molecule has 0 radical (unpaired) electrons. The minimum Gasteiger partial charge on any atom is -0.494 e. The molecule has 1 aromatic carbocycles. The van der Waals surface area contributed by atoms with Crippen LogP contribution in [0.3, 0.4) is 0 Å². The summed E-state index contributed by atoms with van der Waals surface area (Å²) in [6, 6.07) is 5.17. The number of hydrogen-bond donors (Lipinski definition) is 2. The molecule has 0 aliphatic carbocycles. The van der Waals surface area contributed by atoms with Gasteiger partial charge in [-0.25, -0.2) is 9.82 Å². The first-order valence-corrected chi connectivity index (χ1v) is 8.74. The van der Waals surface area contributed by atoms with Gasteiger partial charge in [0.15, 0.2) is 11.6 Å². The second kappa shape index (κ2) is 8.12. The number of halogens is 1. The van der Waals surface area contributed by atoms with Crippen LogP contribution in [0.5, 0.6) is 5.75 Å². The first-order chi connectivity index (χ1) is 12.1. The smallest absolute Gasteiger partial charge is 0.308 e. The van der Waals surface area contributed by atoms with E-state index >= 15 is 0 Å². The van der Waals surface area contributed by atoms with Crippen LogP contribution in [-0.4, -0.2) is 51.3 Å². The molecular weight excluding hydrogens is 325 g/mol.